The average molecular weight is 268 g/mol. The smallest absolute Gasteiger partial charge is 0.196 e. The third-order valence-electron chi connectivity index (χ3n) is 3.19. The van der Waals surface area contributed by atoms with Gasteiger partial charge in [0.2, 0.25) is 0 Å². The van der Waals surface area contributed by atoms with E-state index in [0.29, 0.717) is 23.0 Å². The molecule has 20 heavy (non-hydrogen) atoms. The minimum absolute atomic E-state index is 0.0839. The van der Waals surface area contributed by atoms with Gasteiger partial charge in [-0.15, -0.1) is 0 Å². The molecule has 0 atom stereocenters. The second kappa shape index (κ2) is 4.74. The molecule has 0 amide bonds. The summed E-state index contributed by atoms with van der Waals surface area (Å²) in [6, 6.07) is 11.5. The molecule has 100 valence electrons. The van der Waals surface area contributed by atoms with Gasteiger partial charge in [0.05, 0.1) is 11.6 Å². The first-order valence-corrected chi connectivity index (χ1v) is 6.15. The Hall–Kier alpha value is -2.75. The molecule has 4 nitrogen and oxygen atoms in total. The van der Waals surface area contributed by atoms with E-state index in [9.17, 15) is 15.0 Å². The molecule has 0 aliphatic carbocycles. The maximum atomic E-state index is 12.3. The highest BCUT2D eigenvalue weighted by molar-refractivity contribution is 5.76. The predicted molar refractivity (Wildman–Crippen MR) is 75.1 cm³/mol. The van der Waals surface area contributed by atoms with E-state index in [2.05, 4.69) is 0 Å². The minimum atomic E-state index is -0.201. The fourth-order valence-electron chi connectivity index (χ4n) is 2.14. The van der Waals surface area contributed by atoms with Gasteiger partial charge in [0.25, 0.3) is 0 Å². The molecule has 1 heterocycles. The van der Waals surface area contributed by atoms with Gasteiger partial charge in [-0.05, 0) is 29.8 Å². The Labute approximate surface area is 114 Å². The average Bonchev–Trinajstić information content (AvgIpc) is 2.46. The summed E-state index contributed by atoms with van der Waals surface area (Å²) in [5.41, 5.74) is 1.70. The lowest BCUT2D eigenvalue weighted by molar-refractivity contribution is 0.403. The van der Waals surface area contributed by atoms with Gasteiger partial charge in [-0.3, -0.25) is 4.79 Å². The van der Waals surface area contributed by atoms with E-state index >= 15 is 0 Å². The number of aromatic hydroxyl groups is 2. The van der Waals surface area contributed by atoms with Gasteiger partial charge in [0.15, 0.2) is 16.9 Å². The molecule has 0 bridgehead atoms. The van der Waals surface area contributed by atoms with Crippen molar-refractivity contribution in [2.45, 2.75) is 6.42 Å². The number of fused-ring (bicyclic) bond motifs is 1. The van der Waals surface area contributed by atoms with Gasteiger partial charge in [0, 0.05) is 12.0 Å². The molecule has 2 N–H and O–H groups in total. The zero-order valence-electron chi connectivity index (χ0n) is 10.5. The number of benzene rings is 2. The van der Waals surface area contributed by atoms with E-state index < -0.39 is 0 Å². The molecule has 3 aromatic rings. The molecule has 4 heteroatoms. The van der Waals surface area contributed by atoms with Crippen LogP contribution in [0.25, 0.3) is 11.0 Å². The highest BCUT2D eigenvalue weighted by Gasteiger charge is 2.08. The molecule has 0 spiro atoms. The summed E-state index contributed by atoms with van der Waals surface area (Å²) in [7, 11) is 0. The summed E-state index contributed by atoms with van der Waals surface area (Å²) in [6.45, 7) is 0. The molecule has 0 aliphatic heterocycles. The number of hydrogen-bond acceptors (Lipinski definition) is 4. The predicted octanol–water partition coefficient (Wildman–Crippen LogP) is 2.80. The summed E-state index contributed by atoms with van der Waals surface area (Å²) >= 11 is 0. The second-order valence-electron chi connectivity index (χ2n) is 4.59. The summed E-state index contributed by atoms with van der Waals surface area (Å²) < 4.78 is 5.44. The van der Waals surface area contributed by atoms with Crippen molar-refractivity contribution in [1.29, 1.82) is 0 Å². The van der Waals surface area contributed by atoms with Gasteiger partial charge in [-0.2, -0.15) is 0 Å². The quantitative estimate of drug-likeness (QED) is 0.701. The Morgan fingerprint density at radius 2 is 1.80 bits per heavy atom. The number of rotatable bonds is 2. The van der Waals surface area contributed by atoms with Crippen LogP contribution in [0, 0.1) is 0 Å². The highest BCUT2D eigenvalue weighted by atomic mass is 16.3. The third kappa shape index (κ3) is 2.12. The zero-order valence-corrected chi connectivity index (χ0v) is 10.5. The van der Waals surface area contributed by atoms with Crippen LogP contribution in [-0.4, -0.2) is 10.2 Å². The molecule has 3 rings (SSSR count). The normalized spacial score (nSPS) is 10.8. The van der Waals surface area contributed by atoms with Crippen LogP contribution in [-0.2, 0) is 6.42 Å². The number of para-hydroxylation sites is 1. The Bertz CT molecular complexity index is 833. The first-order chi connectivity index (χ1) is 9.65. The third-order valence-corrected chi connectivity index (χ3v) is 3.19. The summed E-state index contributed by atoms with van der Waals surface area (Å²) in [5, 5.41) is 19.3. The number of phenols is 2. The Morgan fingerprint density at radius 3 is 2.60 bits per heavy atom. The molecule has 0 radical (unpaired) electrons. The van der Waals surface area contributed by atoms with E-state index in [1.165, 1.54) is 18.4 Å². The van der Waals surface area contributed by atoms with Crippen LogP contribution >= 0.6 is 0 Å². The summed E-state index contributed by atoms with van der Waals surface area (Å²) in [5.74, 6) is -0.382. The Morgan fingerprint density at radius 1 is 1.00 bits per heavy atom. The van der Waals surface area contributed by atoms with Crippen molar-refractivity contribution >= 4 is 11.0 Å². The monoisotopic (exact) mass is 268 g/mol. The van der Waals surface area contributed by atoms with Crippen LogP contribution in [0.2, 0.25) is 0 Å². The number of hydrogen-bond donors (Lipinski definition) is 2. The van der Waals surface area contributed by atoms with E-state index in [0.717, 1.165) is 5.56 Å². The Kier molecular flexibility index (Phi) is 2.91. The fraction of sp³-hybridized carbons (Fsp3) is 0.0625. The first kappa shape index (κ1) is 12.3. The SMILES string of the molecule is O=c1c(Cc2ccc(O)c(O)c2)coc2ccccc12. The van der Waals surface area contributed by atoms with Crippen molar-refractivity contribution in [3.63, 3.8) is 0 Å². The van der Waals surface area contributed by atoms with Crippen LogP contribution in [0.1, 0.15) is 11.1 Å². The number of phenolic OH excluding ortho intramolecular Hbond substituents is 2. The lowest BCUT2D eigenvalue weighted by Crippen LogP contribution is -2.09. The molecule has 0 unspecified atom stereocenters. The topological polar surface area (TPSA) is 70.7 Å². The van der Waals surface area contributed by atoms with E-state index in [4.69, 9.17) is 4.42 Å². The fourth-order valence-corrected chi connectivity index (χ4v) is 2.14. The van der Waals surface area contributed by atoms with Crippen LogP contribution in [0.15, 0.2) is 57.9 Å². The van der Waals surface area contributed by atoms with E-state index in [-0.39, 0.29) is 16.9 Å². The Balaban J connectivity index is 2.04. The zero-order chi connectivity index (χ0) is 14.1. The van der Waals surface area contributed by atoms with Crippen molar-refractivity contribution in [3.8, 4) is 11.5 Å². The van der Waals surface area contributed by atoms with Crippen LogP contribution in [0.3, 0.4) is 0 Å². The molecule has 0 aliphatic rings. The first-order valence-electron chi connectivity index (χ1n) is 6.15. The van der Waals surface area contributed by atoms with Crippen LogP contribution < -0.4 is 5.43 Å². The van der Waals surface area contributed by atoms with Crippen LogP contribution in [0.4, 0.5) is 0 Å². The van der Waals surface area contributed by atoms with Crippen molar-refractivity contribution < 1.29 is 14.6 Å². The standard InChI is InChI=1S/C16H12O4/c17-13-6-5-10(8-14(13)18)7-11-9-20-15-4-2-1-3-12(15)16(11)19/h1-6,8-9,17-18H,7H2. The molecule has 1 aromatic heterocycles. The van der Waals surface area contributed by atoms with Gasteiger partial charge < -0.3 is 14.6 Å². The largest absolute Gasteiger partial charge is 0.504 e. The molecule has 2 aromatic carbocycles. The molecular formula is C16H12O4. The molecule has 0 saturated heterocycles. The molecule has 0 fully saturated rings. The van der Waals surface area contributed by atoms with E-state index in [1.807, 2.05) is 6.07 Å². The maximum absolute atomic E-state index is 12.3. The van der Waals surface area contributed by atoms with Crippen molar-refractivity contribution in [1.82, 2.24) is 0 Å². The molecule has 0 saturated carbocycles. The minimum Gasteiger partial charge on any atom is -0.504 e. The van der Waals surface area contributed by atoms with Crippen LogP contribution in [0.5, 0.6) is 11.5 Å². The van der Waals surface area contributed by atoms with Gasteiger partial charge in [-0.25, -0.2) is 0 Å². The lowest BCUT2D eigenvalue weighted by Gasteiger charge is -2.04. The van der Waals surface area contributed by atoms with Crippen molar-refractivity contribution in [3.05, 3.63) is 70.1 Å². The van der Waals surface area contributed by atoms with Gasteiger partial charge in [0.1, 0.15) is 5.58 Å². The summed E-state index contributed by atoms with van der Waals surface area (Å²) in [6.07, 6.45) is 1.77. The lowest BCUT2D eigenvalue weighted by atomic mass is 10.0. The molecular weight excluding hydrogens is 256 g/mol. The van der Waals surface area contributed by atoms with Gasteiger partial charge >= 0.3 is 0 Å². The summed E-state index contributed by atoms with van der Waals surface area (Å²) in [4.78, 5) is 12.3. The second-order valence-corrected chi connectivity index (χ2v) is 4.59. The van der Waals surface area contributed by atoms with Crippen molar-refractivity contribution in [2.24, 2.45) is 0 Å². The van der Waals surface area contributed by atoms with Crippen molar-refractivity contribution in [2.75, 3.05) is 0 Å². The maximum Gasteiger partial charge on any atom is 0.196 e. The van der Waals surface area contributed by atoms with Gasteiger partial charge in [-0.1, -0.05) is 18.2 Å². The van der Waals surface area contributed by atoms with E-state index in [1.54, 1.807) is 24.3 Å². The highest BCUT2D eigenvalue weighted by Crippen LogP contribution is 2.25.